The summed E-state index contributed by atoms with van der Waals surface area (Å²) in [5.74, 6) is 1.93. The molecule has 1 spiro atoms. The molecule has 2 saturated carbocycles. The Hall–Kier alpha value is -2.77. The summed E-state index contributed by atoms with van der Waals surface area (Å²) in [6, 6.07) is 12.9. The molecule has 0 unspecified atom stereocenters. The second-order valence-corrected chi connectivity index (χ2v) is 11.5. The van der Waals surface area contributed by atoms with Crippen molar-refractivity contribution in [3.63, 3.8) is 0 Å². The minimum atomic E-state index is -0.947. The fourth-order valence-corrected chi connectivity index (χ4v) is 7.80. The summed E-state index contributed by atoms with van der Waals surface area (Å²) < 4.78 is 12.3. The van der Waals surface area contributed by atoms with E-state index in [4.69, 9.17) is 9.47 Å². The van der Waals surface area contributed by atoms with Gasteiger partial charge < -0.3 is 24.6 Å². The number of hydrogen-bond donors (Lipinski definition) is 2. The number of amides is 1. The van der Waals surface area contributed by atoms with Crippen LogP contribution in [0.4, 0.5) is 0 Å². The number of phenols is 1. The molecule has 1 saturated heterocycles. The van der Waals surface area contributed by atoms with Crippen molar-refractivity contribution < 1.29 is 24.5 Å². The van der Waals surface area contributed by atoms with Gasteiger partial charge in [-0.15, -0.1) is 0 Å². The van der Waals surface area contributed by atoms with E-state index < -0.39 is 17.1 Å². The number of hydrogen-bond acceptors (Lipinski definition) is 6. The normalized spacial score (nSPS) is 34.0. The Balaban J connectivity index is 1.23. The second kappa shape index (κ2) is 7.86. The van der Waals surface area contributed by atoms with Crippen LogP contribution in [0.2, 0.25) is 0 Å². The molecule has 0 radical (unpaired) electrons. The number of ether oxygens (including phenoxy) is 2. The zero-order chi connectivity index (χ0) is 24.7. The van der Waals surface area contributed by atoms with Gasteiger partial charge in [0.1, 0.15) is 11.9 Å². The number of likely N-dealkylation sites (tertiary alicyclic amines) is 1. The van der Waals surface area contributed by atoms with Crippen LogP contribution in [-0.4, -0.2) is 76.5 Å². The quantitative estimate of drug-likeness (QED) is 0.648. The molecular formula is C29H34N2O5. The second-order valence-electron chi connectivity index (χ2n) is 11.5. The summed E-state index contributed by atoms with van der Waals surface area (Å²) in [4.78, 5) is 17.5. The molecule has 190 valence electrons. The van der Waals surface area contributed by atoms with Gasteiger partial charge in [-0.3, -0.25) is 9.69 Å². The van der Waals surface area contributed by atoms with Crippen molar-refractivity contribution in [1.82, 2.24) is 9.80 Å². The molecule has 2 aromatic carbocycles. The van der Waals surface area contributed by atoms with Crippen LogP contribution >= 0.6 is 0 Å². The van der Waals surface area contributed by atoms with Crippen molar-refractivity contribution in [2.45, 2.75) is 67.7 Å². The Morgan fingerprint density at radius 2 is 1.97 bits per heavy atom. The number of piperidine rings is 1. The van der Waals surface area contributed by atoms with Crippen molar-refractivity contribution in [3.05, 3.63) is 53.6 Å². The van der Waals surface area contributed by atoms with E-state index in [1.54, 1.807) is 11.0 Å². The molecule has 0 aromatic heterocycles. The first kappa shape index (κ1) is 22.4. The SMILES string of the molecule is CN(C(=O)COc1ccccc1)[C@H]1CC[C@@]2(O)[C@@H]3Cc4ccc(O)c5c4[C@@]2(CCN3CC2CC2)[C@H]1O5. The van der Waals surface area contributed by atoms with Crippen molar-refractivity contribution in [3.8, 4) is 17.2 Å². The average molecular weight is 491 g/mol. The van der Waals surface area contributed by atoms with E-state index in [1.807, 2.05) is 43.4 Å². The fraction of sp³-hybridized carbons (Fsp3) is 0.552. The molecule has 2 heterocycles. The van der Waals surface area contributed by atoms with Gasteiger partial charge in [0, 0.05) is 25.2 Å². The van der Waals surface area contributed by atoms with Crippen LogP contribution in [0.25, 0.3) is 0 Å². The minimum absolute atomic E-state index is 0.0318. The van der Waals surface area contributed by atoms with Crippen LogP contribution in [-0.2, 0) is 16.6 Å². The summed E-state index contributed by atoms with van der Waals surface area (Å²) in [6.07, 6.45) is 4.95. The summed E-state index contributed by atoms with van der Waals surface area (Å²) in [7, 11) is 1.82. The summed E-state index contributed by atoms with van der Waals surface area (Å²) in [5.41, 5.74) is 0.584. The number of nitrogens with zero attached hydrogens (tertiary/aromatic N) is 2. The van der Waals surface area contributed by atoms with Crippen LogP contribution in [0.3, 0.4) is 0 Å². The van der Waals surface area contributed by atoms with Gasteiger partial charge in [0.05, 0.1) is 17.1 Å². The van der Waals surface area contributed by atoms with Crippen LogP contribution in [0.5, 0.6) is 17.2 Å². The largest absolute Gasteiger partial charge is 0.504 e. The lowest BCUT2D eigenvalue weighted by atomic mass is 9.48. The molecule has 36 heavy (non-hydrogen) atoms. The number of phenolic OH excluding ortho intramolecular Hbond substituents is 1. The zero-order valence-corrected chi connectivity index (χ0v) is 20.7. The van der Waals surface area contributed by atoms with Crippen LogP contribution < -0.4 is 9.47 Å². The highest BCUT2D eigenvalue weighted by Gasteiger charge is 2.73. The third kappa shape index (κ3) is 3.02. The highest BCUT2D eigenvalue weighted by Crippen LogP contribution is 2.66. The first-order valence-electron chi connectivity index (χ1n) is 13.3. The van der Waals surface area contributed by atoms with E-state index in [0.717, 1.165) is 37.4 Å². The maximum absolute atomic E-state index is 13.3. The molecule has 5 aliphatic rings. The molecule has 2 aliphatic heterocycles. The molecule has 3 aliphatic carbocycles. The van der Waals surface area contributed by atoms with Gasteiger partial charge in [-0.1, -0.05) is 24.3 Å². The van der Waals surface area contributed by atoms with Gasteiger partial charge in [-0.2, -0.15) is 0 Å². The van der Waals surface area contributed by atoms with Crippen molar-refractivity contribution in [2.75, 3.05) is 26.7 Å². The van der Waals surface area contributed by atoms with Gasteiger partial charge in [-0.05, 0) is 74.8 Å². The van der Waals surface area contributed by atoms with Crippen LogP contribution in [0.1, 0.15) is 43.2 Å². The van der Waals surface area contributed by atoms with Crippen LogP contribution in [0.15, 0.2) is 42.5 Å². The van der Waals surface area contributed by atoms with Gasteiger partial charge >= 0.3 is 0 Å². The van der Waals surface area contributed by atoms with Gasteiger partial charge in [-0.25, -0.2) is 0 Å². The Kier molecular flexibility index (Phi) is 4.90. The summed E-state index contributed by atoms with van der Waals surface area (Å²) in [5, 5.41) is 23.4. The summed E-state index contributed by atoms with van der Waals surface area (Å²) in [6.45, 7) is 1.90. The van der Waals surface area contributed by atoms with E-state index >= 15 is 0 Å². The lowest BCUT2D eigenvalue weighted by Gasteiger charge is -2.64. The van der Waals surface area contributed by atoms with E-state index in [1.165, 1.54) is 18.4 Å². The number of likely N-dealkylation sites (N-methyl/N-ethyl adjacent to an activating group) is 1. The number of rotatable bonds is 6. The number of benzene rings is 2. The molecule has 7 rings (SSSR count). The molecular weight excluding hydrogens is 456 g/mol. The Labute approximate surface area is 211 Å². The highest BCUT2D eigenvalue weighted by molar-refractivity contribution is 5.78. The van der Waals surface area contributed by atoms with E-state index in [-0.39, 0.29) is 30.3 Å². The monoisotopic (exact) mass is 490 g/mol. The maximum Gasteiger partial charge on any atom is 0.260 e. The lowest BCUT2D eigenvalue weighted by molar-refractivity contribution is -0.200. The maximum atomic E-state index is 13.3. The van der Waals surface area contributed by atoms with Crippen molar-refractivity contribution >= 4 is 5.91 Å². The molecule has 2 N–H and O–H groups in total. The predicted octanol–water partition coefficient (Wildman–Crippen LogP) is 2.86. The zero-order valence-electron chi connectivity index (χ0n) is 20.7. The molecule has 7 nitrogen and oxygen atoms in total. The topological polar surface area (TPSA) is 82.5 Å². The first-order valence-corrected chi connectivity index (χ1v) is 13.3. The van der Waals surface area contributed by atoms with Crippen LogP contribution in [0, 0.1) is 5.92 Å². The number of carbonyl (C=O) groups excluding carboxylic acids is 1. The van der Waals surface area contributed by atoms with Gasteiger partial charge in [0.15, 0.2) is 18.1 Å². The fourth-order valence-electron chi connectivity index (χ4n) is 7.80. The molecule has 2 bridgehead atoms. The van der Waals surface area contributed by atoms with Gasteiger partial charge in [0.2, 0.25) is 0 Å². The molecule has 3 fully saturated rings. The summed E-state index contributed by atoms with van der Waals surface area (Å²) >= 11 is 0. The Bertz CT molecular complexity index is 1200. The Morgan fingerprint density at radius 3 is 2.75 bits per heavy atom. The number of aliphatic hydroxyl groups is 1. The molecule has 1 amide bonds. The smallest absolute Gasteiger partial charge is 0.260 e. The average Bonchev–Trinajstić information content (AvgIpc) is 3.63. The number of para-hydroxylation sites is 1. The molecule has 7 heteroatoms. The molecule has 5 atom stereocenters. The molecule has 2 aromatic rings. The number of carbonyl (C=O) groups is 1. The van der Waals surface area contributed by atoms with Gasteiger partial charge in [0.25, 0.3) is 5.91 Å². The van der Waals surface area contributed by atoms with E-state index in [9.17, 15) is 15.0 Å². The van der Waals surface area contributed by atoms with Crippen molar-refractivity contribution in [2.24, 2.45) is 5.92 Å². The predicted molar refractivity (Wildman–Crippen MR) is 133 cm³/mol. The van der Waals surface area contributed by atoms with E-state index in [2.05, 4.69) is 4.90 Å². The number of aromatic hydroxyl groups is 1. The minimum Gasteiger partial charge on any atom is -0.504 e. The third-order valence-corrected chi connectivity index (χ3v) is 9.73. The lowest BCUT2D eigenvalue weighted by Crippen LogP contribution is -2.78. The standard InChI is InChI=1S/C29H34N2O5/c1-30(24(33)17-35-20-5-3-2-4-6-20)21-11-12-29(34)23-15-19-9-10-22(32)26-25(19)28(29,27(21)36-26)13-14-31(23)16-18-7-8-18/h2-6,9-10,18,21,23,27,32,34H,7-8,11-17H2,1H3/t21-,23-,27-,28-,29+/m0/s1. The first-order chi connectivity index (χ1) is 17.4. The highest BCUT2D eigenvalue weighted by atomic mass is 16.5. The Morgan fingerprint density at radius 1 is 1.17 bits per heavy atom. The van der Waals surface area contributed by atoms with Crippen molar-refractivity contribution in [1.29, 1.82) is 0 Å². The third-order valence-electron chi connectivity index (χ3n) is 9.73. The van der Waals surface area contributed by atoms with E-state index in [0.29, 0.717) is 24.3 Å².